The predicted molar refractivity (Wildman–Crippen MR) is 93.0 cm³/mol. The van der Waals surface area contributed by atoms with Gasteiger partial charge in [0.15, 0.2) is 0 Å². The van der Waals surface area contributed by atoms with Crippen molar-refractivity contribution >= 4 is 6.03 Å². The number of rotatable bonds is 3. The zero-order chi connectivity index (χ0) is 17.2. The molecule has 134 valence electrons. The van der Waals surface area contributed by atoms with E-state index in [-0.39, 0.29) is 12.1 Å². The number of hydrogen-bond donors (Lipinski definition) is 1. The quantitative estimate of drug-likeness (QED) is 0.925. The van der Waals surface area contributed by atoms with Crippen LogP contribution >= 0.6 is 0 Å². The first-order valence-corrected chi connectivity index (χ1v) is 9.01. The minimum absolute atomic E-state index is 0.0411. The highest BCUT2D eigenvalue weighted by atomic mass is 16.3. The maximum absolute atomic E-state index is 12.7. The van der Waals surface area contributed by atoms with Crippen LogP contribution in [0.15, 0.2) is 29.0 Å². The first-order chi connectivity index (χ1) is 12.2. The van der Waals surface area contributed by atoms with Gasteiger partial charge in [-0.1, -0.05) is 0 Å². The highest BCUT2D eigenvalue weighted by molar-refractivity contribution is 5.75. The number of aryl methyl sites for hydroxylation is 1. The zero-order valence-electron chi connectivity index (χ0n) is 14.6. The van der Waals surface area contributed by atoms with Crippen molar-refractivity contribution in [3.8, 4) is 0 Å². The summed E-state index contributed by atoms with van der Waals surface area (Å²) in [7, 11) is 1.97. The van der Waals surface area contributed by atoms with Gasteiger partial charge in [0.25, 0.3) is 0 Å². The van der Waals surface area contributed by atoms with Gasteiger partial charge in [-0.25, -0.2) is 4.79 Å². The van der Waals surface area contributed by atoms with Gasteiger partial charge < -0.3 is 14.6 Å². The van der Waals surface area contributed by atoms with Gasteiger partial charge in [-0.05, 0) is 31.4 Å². The fraction of sp³-hybridized carbons (Fsp3) is 0.556. The minimum atomic E-state index is 0.0411. The number of nitrogens with zero attached hydrogens (tertiary/aromatic N) is 4. The molecular formula is C18H25N5O2. The van der Waals surface area contributed by atoms with Crippen LogP contribution in [-0.2, 0) is 20.0 Å². The van der Waals surface area contributed by atoms with Crippen molar-refractivity contribution in [1.29, 1.82) is 0 Å². The monoisotopic (exact) mass is 343 g/mol. The van der Waals surface area contributed by atoms with Crippen LogP contribution in [0.5, 0.6) is 0 Å². The second-order valence-electron chi connectivity index (χ2n) is 6.91. The summed E-state index contributed by atoms with van der Waals surface area (Å²) in [5.74, 6) is 0.976. The Kier molecular flexibility index (Phi) is 4.48. The van der Waals surface area contributed by atoms with Gasteiger partial charge in [0.1, 0.15) is 5.76 Å². The Morgan fingerprint density at radius 1 is 1.36 bits per heavy atom. The molecule has 0 unspecified atom stereocenters. The summed E-state index contributed by atoms with van der Waals surface area (Å²) in [6, 6.07) is 4.04. The Morgan fingerprint density at radius 2 is 2.20 bits per heavy atom. The summed E-state index contributed by atoms with van der Waals surface area (Å²) in [6.07, 6.45) is 6.73. The van der Waals surface area contributed by atoms with E-state index >= 15 is 0 Å². The molecule has 2 aliphatic rings. The second-order valence-corrected chi connectivity index (χ2v) is 6.91. The van der Waals surface area contributed by atoms with E-state index in [2.05, 4.69) is 15.3 Å². The van der Waals surface area contributed by atoms with Crippen molar-refractivity contribution in [2.24, 2.45) is 7.05 Å². The molecule has 1 aliphatic carbocycles. The molecular weight excluding hydrogens is 318 g/mol. The Bertz CT molecular complexity index is 716. The fourth-order valence-corrected chi connectivity index (χ4v) is 3.83. The van der Waals surface area contributed by atoms with E-state index in [0.29, 0.717) is 0 Å². The number of nitrogens with one attached hydrogen (secondary N) is 1. The molecule has 4 rings (SSSR count). The van der Waals surface area contributed by atoms with Gasteiger partial charge in [0, 0.05) is 44.5 Å². The average Bonchev–Trinajstić information content (AvgIpc) is 3.26. The van der Waals surface area contributed by atoms with Crippen LogP contribution in [-0.4, -0.2) is 51.8 Å². The molecule has 1 fully saturated rings. The first kappa shape index (κ1) is 16.2. The van der Waals surface area contributed by atoms with E-state index in [0.717, 1.165) is 57.7 Å². The van der Waals surface area contributed by atoms with E-state index in [1.54, 1.807) is 6.26 Å². The van der Waals surface area contributed by atoms with Gasteiger partial charge in [-0.15, -0.1) is 0 Å². The Hall–Kier alpha value is -2.28. The summed E-state index contributed by atoms with van der Waals surface area (Å²) in [4.78, 5) is 16.9. The van der Waals surface area contributed by atoms with E-state index < -0.39 is 0 Å². The van der Waals surface area contributed by atoms with Crippen molar-refractivity contribution in [2.75, 3.05) is 26.2 Å². The molecule has 1 N–H and O–H groups in total. The molecule has 1 saturated heterocycles. The van der Waals surface area contributed by atoms with Crippen molar-refractivity contribution < 1.29 is 9.21 Å². The predicted octanol–water partition coefficient (Wildman–Crippen LogP) is 1.92. The number of fused-ring (bicyclic) bond motifs is 1. The number of aromatic nitrogens is 2. The van der Waals surface area contributed by atoms with Crippen LogP contribution in [0, 0.1) is 0 Å². The van der Waals surface area contributed by atoms with Crippen molar-refractivity contribution in [1.82, 2.24) is 24.9 Å². The third-order valence-corrected chi connectivity index (χ3v) is 5.29. The molecule has 25 heavy (non-hydrogen) atoms. The molecule has 1 aliphatic heterocycles. The van der Waals surface area contributed by atoms with E-state index in [1.165, 1.54) is 11.3 Å². The summed E-state index contributed by atoms with van der Waals surface area (Å²) in [6.45, 7) is 4.05. The van der Waals surface area contributed by atoms with Crippen LogP contribution in [0.25, 0.3) is 0 Å². The van der Waals surface area contributed by atoms with Crippen LogP contribution in [0.4, 0.5) is 4.79 Å². The maximum atomic E-state index is 12.7. The summed E-state index contributed by atoms with van der Waals surface area (Å²) >= 11 is 0. The smallest absolute Gasteiger partial charge is 0.317 e. The largest absolute Gasteiger partial charge is 0.468 e. The lowest BCUT2D eigenvalue weighted by atomic mass is 9.93. The standard InChI is InChI=1S/C18H25N5O2/c1-21-17-6-2-5-16(15(17)12-19-21)20-18(24)23-9-7-22(8-10-23)13-14-4-3-11-25-14/h3-4,11-12,16H,2,5-10,13H2,1H3,(H,20,24)/t16-/m0/s1. The molecule has 0 spiro atoms. The van der Waals surface area contributed by atoms with Crippen molar-refractivity contribution in [3.63, 3.8) is 0 Å². The van der Waals surface area contributed by atoms with Crippen LogP contribution < -0.4 is 5.32 Å². The molecule has 1 atom stereocenters. The topological polar surface area (TPSA) is 66.5 Å². The average molecular weight is 343 g/mol. The molecule has 2 amide bonds. The molecule has 7 heteroatoms. The number of furan rings is 1. The summed E-state index contributed by atoms with van der Waals surface area (Å²) in [5, 5.41) is 7.56. The lowest BCUT2D eigenvalue weighted by Gasteiger charge is -2.35. The van der Waals surface area contributed by atoms with E-state index in [4.69, 9.17) is 4.42 Å². The van der Waals surface area contributed by atoms with Crippen LogP contribution in [0.3, 0.4) is 0 Å². The highest BCUT2D eigenvalue weighted by Crippen LogP contribution is 2.29. The first-order valence-electron chi connectivity index (χ1n) is 9.01. The SMILES string of the molecule is Cn1ncc2c1CCC[C@@H]2NC(=O)N1CCN(Cc2ccco2)CC1. The zero-order valence-corrected chi connectivity index (χ0v) is 14.6. The fourth-order valence-electron chi connectivity index (χ4n) is 3.83. The molecule has 2 aromatic rings. The van der Waals surface area contributed by atoms with Crippen LogP contribution in [0.2, 0.25) is 0 Å². The Labute approximate surface area is 147 Å². The lowest BCUT2D eigenvalue weighted by molar-refractivity contribution is 0.128. The van der Waals surface area contributed by atoms with Gasteiger partial charge in [0.2, 0.25) is 0 Å². The van der Waals surface area contributed by atoms with Crippen molar-refractivity contribution in [2.45, 2.75) is 31.8 Å². The number of hydrogen-bond acceptors (Lipinski definition) is 4. The Balaban J connectivity index is 1.31. The Morgan fingerprint density at radius 3 is 2.96 bits per heavy atom. The normalized spacial score (nSPS) is 21.2. The van der Waals surface area contributed by atoms with E-state index in [1.807, 2.05) is 35.0 Å². The third-order valence-electron chi connectivity index (χ3n) is 5.29. The highest BCUT2D eigenvalue weighted by Gasteiger charge is 2.28. The molecule has 2 aromatic heterocycles. The lowest BCUT2D eigenvalue weighted by Crippen LogP contribution is -2.52. The van der Waals surface area contributed by atoms with Gasteiger partial charge in [-0.2, -0.15) is 5.10 Å². The number of carbonyl (C=O) groups excluding carboxylic acids is 1. The maximum Gasteiger partial charge on any atom is 0.317 e. The number of carbonyl (C=O) groups is 1. The molecule has 0 bridgehead atoms. The molecule has 3 heterocycles. The molecule has 7 nitrogen and oxygen atoms in total. The number of amides is 2. The second kappa shape index (κ2) is 6.92. The van der Waals surface area contributed by atoms with Gasteiger partial charge in [0.05, 0.1) is 25.0 Å². The summed E-state index contributed by atoms with van der Waals surface area (Å²) in [5.41, 5.74) is 2.43. The molecule has 0 aromatic carbocycles. The molecule has 0 radical (unpaired) electrons. The van der Waals surface area contributed by atoms with Crippen molar-refractivity contribution in [3.05, 3.63) is 41.6 Å². The number of urea groups is 1. The third kappa shape index (κ3) is 3.42. The minimum Gasteiger partial charge on any atom is -0.468 e. The molecule has 0 saturated carbocycles. The van der Waals surface area contributed by atoms with Gasteiger partial charge in [-0.3, -0.25) is 9.58 Å². The van der Waals surface area contributed by atoms with Gasteiger partial charge >= 0.3 is 6.03 Å². The van der Waals surface area contributed by atoms with Crippen LogP contribution in [0.1, 0.15) is 35.9 Å². The number of piperazine rings is 1. The van der Waals surface area contributed by atoms with E-state index in [9.17, 15) is 4.79 Å². The summed E-state index contributed by atoms with van der Waals surface area (Å²) < 4.78 is 7.34.